The highest BCUT2D eigenvalue weighted by atomic mass is 32.2. The molecule has 19 heavy (non-hydrogen) atoms. The van der Waals surface area contributed by atoms with E-state index in [1.807, 2.05) is 11.8 Å². The highest BCUT2D eigenvalue weighted by Gasteiger charge is 2.40. The van der Waals surface area contributed by atoms with E-state index in [-0.39, 0.29) is 5.60 Å². The standard InChI is InChI=1S/C16H28O2S/c1-2-3-4-5-6-15(17)14-7-10-18-16(13-14)8-11-19-12-9-16/h14H,2-13H2,1H3. The Balaban J connectivity index is 1.78. The van der Waals surface area contributed by atoms with Gasteiger partial charge in [-0.2, -0.15) is 11.8 Å². The second-order valence-corrected chi connectivity index (χ2v) is 7.34. The molecule has 0 aliphatic carbocycles. The van der Waals surface area contributed by atoms with Crippen LogP contribution in [0.25, 0.3) is 0 Å². The lowest BCUT2D eigenvalue weighted by molar-refractivity contribution is -0.138. The number of hydrogen-bond acceptors (Lipinski definition) is 3. The molecule has 0 aromatic heterocycles. The summed E-state index contributed by atoms with van der Waals surface area (Å²) in [5.74, 6) is 3.21. The summed E-state index contributed by atoms with van der Waals surface area (Å²) in [5, 5.41) is 0. The minimum Gasteiger partial charge on any atom is -0.375 e. The molecule has 0 amide bonds. The van der Waals surface area contributed by atoms with Crippen molar-refractivity contribution in [1.29, 1.82) is 0 Å². The number of hydrogen-bond donors (Lipinski definition) is 0. The number of thioether (sulfide) groups is 1. The number of carbonyl (C=O) groups excluding carboxylic acids is 1. The Morgan fingerprint density at radius 3 is 2.79 bits per heavy atom. The van der Waals surface area contributed by atoms with Gasteiger partial charge in [-0.05, 0) is 43.6 Å². The van der Waals surface area contributed by atoms with Crippen molar-refractivity contribution >= 4 is 17.5 Å². The summed E-state index contributed by atoms with van der Waals surface area (Å²) in [4.78, 5) is 12.3. The molecule has 2 heterocycles. The molecule has 1 atom stereocenters. The predicted octanol–water partition coefficient (Wildman–Crippen LogP) is 4.22. The van der Waals surface area contributed by atoms with Crippen LogP contribution in [0.5, 0.6) is 0 Å². The molecule has 2 aliphatic rings. The molecule has 0 radical (unpaired) electrons. The zero-order chi connectivity index (χ0) is 13.6. The van der Waals surface area contributed by atoms with Crippen LogP contribution in [0.1, 0.15) is 64.7 Å². The average Bonchev–Trinajstić information content (AvgIpc) is 2.44. The van der Waals surface area contributed by atoms with Crippen molar-refractivity contribution in [3.63, 3.8) is 0 Å². The van der Waals surface area contributed by atoms with E-state index in [0.717, 1.165) is 45.1 Å². The van der Waals surface area contributed by atoms with E-state index in [0.29, 0.717) is 11.7 Å². The van der Waals surface area contributed by atoms with E-state index in [2.05, 4.69) is 6.92 Å². The molecule has 2 aliphatic heterocycles. The molecule has 0 aromatic rings. The van der Waals surface area contributed by atoms with Gasteiger partial charge in [-0.25, -0.2) is 0 Å². The van der Waals surface area contributed by atoms with Crippen LogP contribution in [-0.2, 0) is 9.53 Å². The Morgan fingerprint density at radius 1 is 1.26 bits per heavy atom. The molecule has 1 unspecified atom stereocenters. The molecule has 0 aromatic carbocycles. The Kier molecular flexibility index (Phi) is 6.21. The van der Waals surface area contributed by atoms with Gasteiger partial charge in [0.1, 0.15) is 5.78 Å². The Hall–Kier alpha value is -0.0200. The van der Waals surface area contributed by atoms with Crippen molar-refractivity contribution < 1.29 is 9.53 Å². The fourth-order valence-electron chi connectivity index (χ4n) is 3.32. The first-order valence-corrected chi connectivity index (χ1v) is 9.16. The zero-order valence-corrected chi connectivity index (χ0v) is 13.1. The van der Waals surface area contributed by atoms with Crippen molar-refractivity contribution in [3.8, 4) is 0 Å². The van der Waals surface area contributed by atoms with Gasteiger partial charge in [0.05, 0.1) is 5.60 Å². The fraction of sp³-hybridized carbons (Fsp3) is 0.938. The van der Waals surface area contributed by atoms with Crippen LogP contribution in [0.3, 0.4) is 0 Å². The number of ketones is 1. The van der Waals surface area contributed by atoms with Gasteiger partial charge < -0.3 is 4.74 Å². The van der Waals surface area contributed by atoms with E-state index < -0.39 is 0 Å². The molecule has 2 nitrogen and oxygen atoms in total. The Morgan fingerprint density at radius 2 is 2.05 bits per heavy atom. The highest BCUT2D eigenvalue weighted by Crippen LogP contribution is 2.40. The second-order valence-electron chi connectivity index (χ2n) is 6.11. The summed E-state index contributed by atoms with van der Waals surface area (Å²) in [5.41, 5.74) is 0.0627. The first-order valence-electron chi connectivity index (χ1n) is 8.00. The Labute approximate surface area is 122 Å². The molecule has 1 spiro atoms. The van der Waals surface area contributed by atoms with Crippen molar-refractivity contribution in [3.05, 3.63) is 0 Å². The Bertz CT molecular complexity index is 279. The van der Waals surface area contributed by atoms with Gasteiger partial charge >= 0.3 is 0 Å². The third kappa shape index (κ3) is 4.49. The van der Waals surface area contributed by atoms with E-state index in [1.165, 1.54) is 30.8 Å². The molecule has 0 saturated carbocycles. The second kappa shape index (κ2) is 7.68. The lowest BCUT2D eigenvalue weighted by Crippen LogP contribution is -2.44. The van der Waals surface area contributed by atoms with Gasteiger partial charge in [-0.3, -0.25) is 4.79 Å². The molecule has 2 rings (SSSR count). The third-order valence-corrected chi connectivity index (χ3v) is 5.61. The molecule has 0 bridgehead atoms. The van der Waals surface area contributed by atoms with Crippen LogP contribution >= 0.6 is 11.8 Å². The lowest BCUT2D eigenvalue weighted by atomic mass is 9.79. The first-order chi connectivity index (χ1) is 9.26. The van der Waals surface area contributed by atoms with Gasteiger partial charge in [-0.1, -0.05) is 26.2 Å². The van der Waals surface area contributed by atoms with Crippen LogP contribution in [-0.4, -0.2) is 29.5 Å². The molecule has 0 N–H and O–H groups in total. The van der Waals surface area contributed by atoms with E-state index in [4.69, 9.17) is 4.74 Å². The number of Topliss-reactive ketones (excluding diaryl/α,β-unsaturated/α-hetero) is 1. The minimum atomic E-state index is 0.0627. The third-order valence-electron chi connectivity index (χ3n) is 4.63. The number of rotatable bonds is 6. The van der Waals surface area contributed by atoms with E-state index in [1.54, 1.807) is 0 Å². The highest BCUT2D eigenvalue weighted by molar-refractivity contribution is 7.99. The summed E-state index contributed by atoms with van der Waals surface area (Å²) in [6.45, 7) is 3.02. The van der Waals surface area contributed by atoms with Crippen molar-refractivity contribution in [2.24, 2.45) is 5.92 Å². The molecular weight excluding hydrogens is 256 g/mol. The maximum absolute atomic E-state index is 12.3. The molecular formula is C16H28O2S. The first kappa shape index (κ1) is 15.4. The van der Waals surface area contributed by atoms with Crippen LogP contribution in [0, 0.1) is 5.92 Å². The molecule has 2 saturated heterocycles. The van der Waals surface area contributed by atoms with Gasteiger partial charge in [0.2, 0.25) is 0 Å². The van der Waals surface area contributed by atoms with Crippen molar-refractivity contribution in [2.75, 3.05) is 18.1 Å². The quantitative estimate of drug-likeness (QED) is 0.683. The largest absolute Gasteiger partial charge is 0.375 e. The topological polar surface area (TPSA) is 26.3 Å². The van der Waals surface area contributed by atoms with E-state index in [9.17, 15) is 4.79 Å². The summed E-state index contributed by atoms with van der Waals surface area (Å²) in [6, 6.07) is 0. The number of unbranched alkanes of at least 4 members (excludes halogenated alkanes) is 3. The smallest absolute Gasteiger partial charge is 0.136 e. The summed E-state index contributed by atoms with van der Waals surface area (Å²) < 4.78 is 6.06. The van der Waals surface area contributed by atoms with Gasteiger partial charge in [0, 0.05) is 18.9 Å². The van der Waals surface area contributed by atoms with E-state index >= 15 is 0 Å². The summed E-state index contributed by atoms with van der Waals surface area (Å²) in [7, 11) is 0. The monoisotopic (exact) mass is 284 g/mol. The van der Waals surface area contributed by atoms with Gasteiger partial charge in [-0.15, -0.1) is 0 Å². The maximum Gasteiger partial charge on any atom is 0.136 e. The summed E-state index contributed by atoms with van der Waals surface area (Å²) >= 11 is 2.03. The van der Waals surface area contributed by atoms with Crippen molar-refractivity contribution in [2.45, 2.75) is 70.3 Å². The van der Waals surface area contributed by atoms with Crippen LogP contribution < -0.4 is 0 Å². The maximum atomic E-state index is 12.3. The minimum absolute atomic E-state index is 0.0627. The molecule has 3 heteroatoms. The average molecular weight is 284 g/mol. The van der Waals surface area contributed by atoms with Gasteiger partial charge in [0.15, 0.2) is 0 Å². The lowest BCUT2D eigenvalue weighted by Gasteiger charge is -2.43. The number of ether oxygens (including phenoxy) is 1. The molecule has 110 valence electrons. The normalized spacial score (nSPS) is 26.5. The number of carbonyl (C=O) groups is 1. The predicted molar refractivity (Wildman–Crippen MR) is 81.7 cm³/mol. The SMILES string of the molecule is CCCCCCC(=O)C1CCOC2(CCSCC2)C1. The zero-order valence-electron chi connectivity index (χ0n) is 12.3. The van der Waals surface area contributed by atoms with Crippen molar-refractivity contribution in [1.82, 2.24) is 0 Å². The van der Waals surface area contributed by atoms with Crippen LogP contribution in [0.15, 0.2) is 0 Å². The van der Waals surface area contributed by atoms with Gasteiger partial charge in [0.25, 0.3) is 0 Å². The van der Waals surface area contributed by atoms with Crippen LogP contribution in [0.4, 0.5) is 0 Å². The summed E-state index contributed by atoms with van der Waals surface area (Å²) in [6.07, 6.45) is 9.88. The molecule has 2 fully saturated rings. The van der Waals surface area contributed by atoms with Crippen LogP contribution in [0.2, 0.25) is 0 Å². The fourth-order valence-corrected chi connectivity index (χ4v) is 4.56.